The Morgan fingerprint density at radius 1 is 1.28 bits per heavy atom. The van der Waals surface area contributed by atoms with Crippen LogP contribution >= 0.6 is 0 Å². The molecule has 0 radical (unpaired) electrons. The Kier molecular flexibility index (Phi) is 6.18. The molecule has 0 saturated carbocycles. The summed E-state index contributed by atoms with van der Waals surface area (Å²) >= 11 is 0. The average molecular weight is 259 g/mol. The number of rotatable bonds is 7. The number of hydrogen-bond acceptors (Lipinski definition) is 3. The fourth-order valence-corrected chi connectivity index (χ4v) is 1.62. The van der Waals surface area contributed by atoms with Gasteiger partial charge in [-0.15, -0.1) is 0 Å². The van der Waals surface area contributed by atoms with Gasteiger partial charge in [0.1, 0.15) is 11.6 Å². The molecule has 5 heteroatoms. The first-order chi connectivity index (χ1) is 8.56. The second-order valence-corrected chi connectivity index (χ2v) is 4.13. The first-order valence-corrected chi connectivity index (χ1v) is 5.93. The summed E-state index contributed by atoms with van der Waals surface area (Å²) in [4.78, 5) is 0. The Morgan fingerprint density at radius 2 is 2.00 bits per heavy atom. The minimum atomic E-state index is -0.412. The summed E-state index contributed by atoms with van der Waals surface area (Å²) in [6.07, 6.45) is 0. The molecule has 1 aromatic carbocycles. The molecular formula is C13H19F2NO2. The Morgan fingerprint density at radius 3 is 2.67 bits per heavy atom. The summed E-state index contributed by atoms with van der Waals surface area (Å²) in [6.45, 7) is 4.48. The zero-order chi connectivity index (χ0) is 13.5. The number of halogens is 2. The Bertz CT molecular complexity index is 385. The molecule has 1 rings (SSSR count). The van der Waals surface area contributed by atoms with Crippen molar-refractivity contribution in [2.75, 3.05) is 26.4 Å². The lowest BCUT2D eigenvalue weighted by Crippen LogP contribution is -2.24. The van der Waals surface area contributed by atoms with Crippen molar-refractivity contribution in [1.29, 1.82) is 0 Å². The van der Waals surface area contributed by atoms with E-state index in [-0.39, 0.29) is 19.3 Å². The van der Waals surface area contributed by atoms with Gasteiger partial charge in [0.15, 0.2) is 0 Å². The van der Waals surface area contributed by atoms with Crippen molar-refractivity contribution >= 4 is 0 Å². The number of aliphatic hydroxyl groups is 1. The van der Waals surface area contributed by atoms with E-state index in [1.807, 2.05) is 0 Å². The summed E-state index contributed by atoms with van der Waals surface area (Å²) in [7, 11) is 0. The minimum absolute atomic E-state index is 0.0205. The highest BCUT2D eigenvalue weighted by molar-refractivity contribution is 5.27. The Labute approximate surface area is 106 Å². The fraction of sp³-hybridized carbons (Fsp3) is 0.538. The maximum absolute atomic E-state index is 13.6. The van der Waals surface area contributed by atoms with Gasteiger partial charge in [0.2, 0.25) is 0 Å². The van der Waals surface area contributed by atoms with Crippen LogP contribution in [0, 0.1) is 18.6 Å². The van der Waals surface area contributed by atoms with Crippen LogP contribution in [0.4, 0.5) is 8.78 Å². The van der Waals surface area contributed by atoms with Gasteiger partial charge in [-0.3, -0.25) is 0 Å². The molecule has 0 heterocycles. The molecule has 0 aromatic heterocycles. The standard InChI is InChI=1S/C13H19F2NO2/c1-9-7-13(15)11(8-12(9)14)10(2)16-3-5-18-6-4-17/h7-8,10,16-17H,3-6H2,1-2H3. The van der Waals surface area contributed by atoms with Crippen molar-refractivity contribution < 1.29 is 18.6 Å². The lowest BCUT2D eigenvalue weighted by atomic mass is 10.1. The number of aryl methyl sites for hydroxylation is 1. The average Bonchev–Trinajstić information content (AvgIpc) is 2.33. The van der Waals surface area contributed by atoms with E-state index in [0.717, 1.165) is 0 Å². The highest BCUT2D eigenvalue weighted by Crippen LogP contribution is 2.20. The van der Waals surface area contributed by atoms with Crippen LogP contribution in [0.5, 0.6) is 0 Å². The molecule has 1 aromatic rings. The molecule has 0 aliphatic heterocycles. The predicted molar refractivity (Wildman–Crippen MR) is 65.4 cm³/mol. The highest BCUT2D eigenvalue weighted by atomic mass is 19.1. The van der Waals surface area contributed by atoms with E-state index < -0.39 is 11.6 Å². The van der Waals surface area contributed by atoms with Crippen LogP contribution in [-0.2, 0) is 4.74 Å². The van der Waals surface area contributed by atoms with Crippen molar-refractivity contribution in [2.45, 2.75) is 19.9 Å². The Balaban J connectivity index is 2.51. The maximum atomic E-state index is 13.6. The third-order valence-electron chi connectivity index (χ3n) is 2.68. The monoisotopic (exact) mass is 259 g/mol. The van der Waals surface area contributed by atoms with E-state index in [0.29, 0.717) is 24.3 Å². The summed E-state index contributed by atoms with van der Waals surface area (Å²) in [5.41, 5.74) is 0.606. The first-order valence-electron chi connectivity index (χ1n) is 5.93. The molecule has 1 atom stereocenters. The summed E-state index contributed by atoms with van der Waals surface area (Å²) < 4.78 is 32.1. The molecule has 102 valence electrons. The molecule has 0 bridgehead atoms. The van der Waals surface area contributed by atoms with Crippen LogP contribution < -0.4 is 5.32 Å². The lowest BCUT2D eigenvalue weighted by Gasteiger charge is -2.15. The van der Waals surface area contributed by atoms with Gasteiger partial charge in [-0.05, 0) is 31.5 Å². The van der Waals surface area contributed by atoms with Crippen molar-refractivity contribution in [3.8, 4) is 0 Å². The van der Waals surface area contributed by atoms with E-state index in [9.17, 15) is 8.78 Å². The van der Waals surface area contributed by atoms with Gasteiger partial charge in [0.25, 0.3) is 0 Å². The van der Waals surface area contributed by atoms with E-state index >= 15 is 0 Å². The van der Waals surface area contributed by atoms with Crippen LogP contribution in [-0.4, -0.2) is 31.5 Å². The molecule has 2 N–H and O–H groups in total. The number of aliphatic hydroxyl groups excluding tert-OH is 1. The van der Waals surface area contributed by atoms with Gasteiger partial charge in [0.05, 0.1) is 19.8 Å². The smallest absolute Gasteiger partial charge is 0.128 e. The van der Waals surface area contributed by atoms with Crippen molar-refractivity contribution in [1.82, 2.24) is 5.32 Å². The van der Waals surface area contributed by atoms with Gasteiger partial charge >= 0.3 is 0 Å². The number of ether oxygens (including phenoxy) is 1. The molecule has 0 amide bonds. The molecule has 18 heavy (non-hydrogen) atoms. The molecule has 3 nitrogen and oxygen atoms in total. The third kappa shape index (κ3) is 4.33. The van der Waals surface area contributed by atoms with Crippen molar-refractivity contribution in [3.63, 3.8) is 0 Å². The third-order valence-corrected chi connectivity index (χ3v) is 2.68. The first kappa shape index (κ1) is 15.0. The number of hydrogen-bond donors (Lipinski definition) is 2. The van der Waals surface area contributed by atoms with Gasteiger partial charge < -0.3 is 15.2 Å². The maximum Gasteiger partial charge on any atom is 0.128 e. The lowest BCUT2D eigenvalue weighted by molar-refractivity contribution is 0.0928. The van der Waals surface area contributed by atoms with E-state index in [2.05, 4.69) is 5.32 Å². The second kappa shape index (κ2) is 7.41. The van der Waals surface area contributed by atoms with Crippen LogP contribution in [0.15, 0.2) is 12.1 Å². The molecule has 0 aliphatic carbocycles. The molecule has 0 saturated heterocycles. The normalized spacial score (nSPS) is 12.7. The Hall–Kier alpha value is -1.04. The fourth-order valence-electron chi connectivity index (χ4n) is 1.62. The van der Waals surface area contributed by atoms with Crippen LogP contribution in [0.1, 0.15) is 24.1 Å². The van der Waals surface area contributed by atoms with Crippen molar-refractivity contribution in [2.24, 2.45) is 0 Å². The molecule has 0 spiro atoms. The largest absolute Gasteiger partial charge is 0.394 e. The zero-order valence-electron chi connectivity index (χ0n) is 10.7. The molecule has 1 unspecified atom stereocenters. The topological polar surface area (TPSA) is 41.5 Å². The molecule has 0 fully saturated rings. The quantitative estimate of drug-likeness (QED) is 0.735. The number of nitrogens with one attached hydrogen (secondary N) is 1. The predicted octanol–water partition coefficient (Wildman–Crippen LogP) is 1.93. The van der Waals surface area contributed by atoms with Gasteiger partial charge in [-0.2, -0.15) is 0 Å². The second-order valence-electron chi connectivity index (χ2n) is 4.13. The van der Waals surface area contributed by atoms with E-state index in [4.69, 9.17) is 9.84 Å². The minimum Gasteiger partial charge on any atom is -0.394 e. The van der Waals surface area contributed by atoms with Gasteiger partial charge in [-0.1, -0.05) is 0 Å². The molecular weight excluding hydrogens is 240 g/mol. The van der Waals surface area contributed by atoms with E-state index in [1.54, 1.807) is 6.92 Å². The highest BCUT2D eigenvalue weighted by Gasteiger charge is 2.13. The van der Waals surface area contributed by atoms with Crippen molar-refractivity contribution in [3.05, 3.63) is 34.9 Å². The molecule has 0 aliphatic rings. The SMILES string of the molecule is Cc1cc(F)c(C(C)NCCOCCO)cc1F. The van der Waals surface area contributed by atoms with E-state index in [1.165, 1.54) is 19.1 Å². The summed E-state index contributed by atoms with van der Waals surface area (Å²) in [5, 5.41) is 11.5. The van der Waals surface area contributed by atoms with Gasteiger partial charge in [-0.25, -0.2) is 8.78 Å². The van der Waals surface area contributed by atoms with Crippen LogP contribution in [0.3, 0.4) is 0 Å². The van der Waals surface area contributed by atoms with Crippen LogP contribution in [0.25, 0.3) is 0 Å². The number of benzene rings is 1. The zero-order valence-corrected chi connectivity index (χ0v) is 10.7. The summed E-state index contributed by atoms with van der Waals surface area (Å²) in [5.74, 6) is -0.818. The van der Waals surface area contributed by atoms with Gasteiger partial charge in [0, 0.05) is 18.2 Å². The summed E-state index contributed by atoms with van der Waals surface area (Å²) in [6, 6.07) is 2.12. The van der Waals surface area contributed by atoms with Crippen LogP contribution in [0.2, 0.25) is 0 Å².